The summed E-state index contributed by atoms with van der Waals surface area (Å²) in [5.74, 6) is 1.17. The number of likely N-dealkylation sites (tertiary alicyclic amines) is 1. The van der Waals surface area contributed by atoms with E-state index in [1.165, 1.54) is 32.1 Å². The topological polar surface area (TPSA) is 82.7 Å². The van der Waals surface area contributed by atoms with E-state index in [-0.39, 0.29) is 11.7 Å². The van der Waals surface area contributed by atoms with Crippen LogP contribution in [0, 0.1) is 11.3 Å². The molecule has 2 fully saturated rings. The van der Waals surface area contributed by atoms with Crippen molar-refractivity contribution in [1.82, 2.24) is 4.90 Å². The lowest BCUT2D eigenvalue weighted by Gasteiger charge is -2.47. The second-order valence-corrected chi connectivity index (χ2v) is 10.7. The lowest BCUT2D eigenvalue weighted by atomic mass is 9.82. The normalized spacial score (nSPS) is 29.4. The van der Waals surface area contributed by atoms with Crippen molar-refractivity contribution in [2.45, 2.75) is 83.0 Å². The number of carbonyl (C=O) groups excluding carboxylic acids is 1. The maximum Gasteiger partial charge on any atom is 0.272 e. The Kier molecular flexibility index (Phi) is 6.83. The number of fused-ring (bicyclic) bond motifs is 1. The van der Waals surface area contributed by atoms with Crippen LogP contribution in [0.5, 0.6) is 5.75 Å². The van der Waals surface area contributed by atoms with Crippen molar-refractivity contribution in [3.8, 4) is 5.75 Å². The zero-order valence-electron chi connectivity index (χ0n) is 21.0. The highest BCUT2D eigenvalue weighted by Crippen LogP contribution is 2.41. The van der Waals surface area contributed by atoms with Crippen molar-refractivity contribution in [2.75, 3.05) is 11.4 Å². The highest BCUT2D eigenvalue weighted by molar-refractivity contribution is 6.01. The number of benzene rings is 2. The Morgan fingerprint density at radius 2 is 1.71 bits per heavy atom. The van der Waals surface area contributed by atoms with Gasteiger partial charge in [0.1, 0.15) is 11.6 Å². The Hall–Kier alpha value is -2.86. The summed E-state index contributed by atoms with van der Waals surface area (Å²) in [7, 11) is 0. The number of nitrogens with zero attached hydrogens (tertiary/aromatic N) is 2. The number of nitrogen functional groups attached to an aromatic ring is 1. The standard InChI is InChI=1S/C29H38N4O2/c1-19-7-5-8-20(2)33(19)24-15-13-21(14-16-24)18-32-25-11-3-4-12-26(25)35-27(29(32)34)22-9-6-10-23(17-22)28(30)31/h3-4,6,9-12,17,19-21,24,27H,5,7-8,13-16,18H2,1-2H3,(H3,30,31)/t19-,20+,21?,24?,27?. The second kappa shape index (κ2) is 10.0. The van der Waals surface area contributed by atoms with Crippen LogP contribution in [0.3, 0.4) is 0 Å². The molecule has 3 aliphatic rings. The fraction of sp³-hybridized carbons (Fsp3) is 0.517. The molecule has 0 spiro atoms. The highest BCUT2D eigenvalue weighted by Gasteiger charge is 2.38. The summed E-state index contributed by atoms with van der Waals surface area (Å²) in [6.45, 7) is 5.51. The average Bonchev–Trinajstić information content (AvgIpc) is 2.86. The number of hydrogen-bond acceptors (Lipinski definition) is 4. The molecule has 3 N–H and O–H groups in total. The minimum Gasteiger partial charge on any atom is -0.474 e. The number of rotatable bonds is 5. The second-order valence-electron chi connectivity index (χ2n) is 10.7. The van der Waals surface area contributed by atoms with Crippen molar-refractivity contribution in [1.29, 1.82) is 5.41 Å². The molecule has 1 aliphatic carbocycles. The van der Waals surface area contributed by atoms with Crippen LogP contribution in [-0.4, -0.2) is 41.3 Å². The summed E-state index contributed by atoms with van der Waals surface area (Å²) in [6.07, 6.45) is 7.98. The summed E-state index contributed by atoms with van der Waals surface area (Å²) in [5, 5.41) is 7.78. The fourth-order valence-corrected chi connectivity index (χ4v) is 6.53. The van der Waals surface area contributed by atoms with E-state index in [1.54, 1.807) is 12.1 Å². The summed E-state index contributed by atoms with van der Waals surface area (Å²) in [5.41, 5.74) is 7.89. The molecular formula is C29H38N4O2. The van der Waals surface area contributed by atoms with Gasteiger partial charge in [-0.1, -0.05) is 36.8 Å². The Bertz CT molecular complexity index is 1070. The number of nitrogens with one attached hydrogen (secondary N) is 1. The van der Waals surface area contributed by atoms with Gasteiger partial charge in [-0.3, -0.25) is 15.1 Å². The number of para-hydroxylation sites is 2. The van der Waals surface area contributed by atoms with Crippen LogP contribution in [-0.2, 0) is 4.79 Å². The van der Waals surface area contributed by atoms with E-state index in [9.17, 15) is 4.79 Å². The number of amides is 1. The van der Waals surface area contributed by atoms with Crippen LogP contribution in [0.25, 0.3) is 0 Å². The third-order valence-corrected chi connectivity index (χ3v) is 8.33. The molecule has 0 aromatic heterocycles. The molecule has 3 atom stereocenters. The number of piperidine rings is 1. The lowest BCUT2D eigenvalue weighted by Crippen LogP contribution is -2.51. The Morgan fingerprint density at radius 1 is 1.00 bits per heavy atom. The van der Waals surface area contributed by atoms with Gasteiger partial charge in [-0.15, -0.1) is 0 Å². The van der Waals surface area contributed by atoms with E-state index in [1.807, 2.05) is 41.3 Å². The molecular weight excluding hydrogens is 436 g/mol. The predicted octanol–water partition coefficient (Wildman–Crippen LogP) is 5.26. The van der Waals surface area contributed by atoms with Crippen molar-refractivity contribution >= 4 is 17.4 Å². The third kappa shape index (κ3) is 4.81. The van der Waals surface area contributed by atoms with Crippen molar-refractivity contribution in [3.63, 3.8) is 0 Å². The van der Waals surface area contributed by atoms with Crippen LogP contribution in [0.1, 0.15) is 76.0 Å². The smallest absolute Gasteiger partial charge is 0.272 e. The average molecular weight is 475 g/mol. The minimum absolute atomic E-state index is 0.0125. The van der Waals surface area contributed by atoms with Crippen molar-refractivity contribution in [2.24, 2.45) is 11.7 Å². The van der Waals surface area contributed by atoms with Crippen molar-refractivity contribution < 1.29 is 9.53 Å². The first-order valence-corrected chi connectivity index (χ1v) is 13.2. The van der Waals surface area contributed by atoms with Gasteiger partial charge < -0.3 is 15.4 Å². The van der Waals surface area contributed by atoms with Crippen LogP contribution >= 0.6 is 0 Å². The van der Waals surface area contributed by atoms with Gasteiger partial charge in [0.2, 0.25) is 6.10 Å². The van der Waals surface area contributed by atoms with Gasteiger partial charge in [0.25, 0.3) is 5.91 Å². The quantitative estimate of drug-likeness (QED) is 0.457. The van der Waals surface area contributed by atoms with Gasteiger partial charge in [0.15, 0.2) is 0 Å². The molecule has 35 heavy (non-hydrogen) atoms. The number of amidine groups is 1. The molecule has 0 bridgehead atoms. The molecule has 186 valence electrons. The molecule has 6 nitrogen and oxygen atoms in total. The summed E-state index contributed by atoms with van der Waals surface area (Å²) in [6, 6.07) is 17.2. The monoisotopic (exact) mass is 474 g/mol. The zero-order valence-corrected chi connectivity index (χ0v) is 21.0. The molecule has 0 radical (unpaired) electrons. The lowest BCUT2D eigenvalue weighted by molar-refractivity contribution is -0.126. The first-order chi connectivity index (χ1) is 16.9. The van der Waals surface area contributed by atoms with E-state index >= 15 is 0 Å². The van der Waals surface area contributed by atoms with Gasteiger partial charge >= 0.3 is 0 Å². The van der Waals surface area contributed by atoms with Crippen molar-refractivity contribution in [3.05, 3.63) is 59.7 Å². The van der Waals surface area contributed by atoms with Gasteiger partial charge in [-0.2, -0.15) is 0 Å². The number of nitrogens with two attached hydrogens (primary N) is 1. The molecule has 1 unspecified atom stereocenters. The van der Waals surface area contributed by atoms with Crippen LogP contribution in [0.4, 0.5) is 5.69 Å². The molecule has 1 saturated carbocycles. The molecule has 5 rings (SSSR count). The van der Waals surface area contributed by atoms with Gasteiger partial charge in [-0.05, 0) is 76.5 Å². The molecule has 2 aliphatic heterocycles. The number of carbonyl (C=O) groups is 1. The fourth-order valence-electron chi connectivity index (χ4n) is 6.53. The predicted molar refractivity (Wildman–Crippen MR) is 140 cm³/mol. The number of anilines is 1. The largest absolute Gasteiger partial charge is 0.474 e. The minimum atomic E-state index is -0.726. The van der Waals surface area contributed by atoms with Gasteiger partial charge in [0.05, 0.1) is 5.69 Å². The Morgan fingerprint density at radius 3 is 2.43 bits per heavy atom. The third-order valence-electron chi connectivity index (χ3n) is 8.33. The number of ether oxygens (including phenoxy) is 1. The summed E-state index contributed by atoms with van der Waals surface area (Å²) >= 11 is 0. The van der Waals surface area contributed by atoms with E-state index < -0.39 is 6.10 Å². The van der Waals surface area contributed by atoms with Crippen LogP contribution in [0.15, 0.2) is 48.5 Å². The van der Waals surface area contributed by atoms with E-state index in [0.717, 1.165) is 36.4 Å². The molecule has 2 aromatic rings. The summed E-state index contributed by atoms with van der Waals surface area (Å²) < 4.78 is 6.20. The molecule has 2 heterocycles. The van der Waals surface area contributed by atoms with Crippen LogP contribution < -0.4 is 15.4 Å². The number of hydrogen-bond donors (Lipinski definition) is 2. The summed E-state index contributed by atoms with van der Waals surface area (Å²) in [4.78, 5) is 18.5. The zero-order chi connectivity index (χ0) is 24.5. The molecule has 6 heteroatoms. The van der Waals surface area contributed by atoms with E-state index in [4.69, 9.17) is 15.9 Å². The van der Waals surface area contributed by atoms with Gasteiger partial charge in [0, 0.05) is 35.8 Å². The molecule has 1 saturated heterocycles. The maximum atomic E-state index is 13.7. The highest BCUT2D eigenvalue weighted by atomic mass is 16.5. The Balaban J connectivity index is 1.32. The maximum absolute atomic E-state index is 13.7. The first-order valence-electron chi connectivity index (χ1n) is 13.2. The first kappa shape index (κ1) is 23.9. The van der Waals surface area contributed by atoms with Crippen LogP contribution in [0.2, 0.25) is 0 Å². The Labute approximate surface area is 208 Å². The van der Waals surface area contributed by atoms with E-state index in [0.29, 0.717) is 29.6 Å². The SMILES string of the molecule is C[C@@H]1CCC[C@H](C)N1C1CCC(CN2C(=O)C(c3cccc(C(=N)N)c3)Oc3ccccc32)CC1. The van der Waals surface area contributed by atoms with E-state index in [2.05, 4.69) is 18.7 Å². The molecule has 1 amide bonds. The van der Waals surface area contributed by atoms with Gasteiger partial charge in [-0.25, -0.2) is 0 Å². The molecule has 2 aromatic carbocycles.